The molecular weight excluding hydrogens is 453 g/mol. The van der Waals surface area contributed by atoms with Crippen LogP contribution in [0.4, 0.5) is 0 Å². The Bertz CT molecular complexity index is 692. The molecule has 1 aliphatic heterocycles. The SMILES string of the molecule is CCNC(=NCCc1ccc(C)c(OC)c1)NC1CCS(=O)(=O)C1.I. The first kappa shape index (κ1) is 22.0. The van der Waals surface area contributed by atoms with Gasteiger partial charge in [-0.3, -0.25) is 4.99 Å². The van der Waals surface area contributed by atoms with Gasteiger partial charge in [-0.2, -0.15) is 0 Å². The zero-order valence-electron chi connectivity index (χ0n) is 15.0. The van der Waals surface area contributed by atoms with Crippen molar-refractivity contribution in [2.45, 2.75) is 32.7 Å². The molecule has 0 amide bonds. The molecule has 25 heavy (non-hydrogen) atoms. The third-order valence-electron chi connectivity index (χ3n) is 4.06. The average molecular weight is 481 g/mol. The van der Waals surface area contributed by atoms with E-state index >= 15 is 0 Å². The van der Waals surface area contributed by atoms with E-state index < -0.39 is 9.84 Å². The number of aliphatic imine (C=N–C) groups is 1. The van der Waals surface area contributed by atoms with Crippen LogP contribution in [0, 0.1) is 6.92 Å². The Morgan fingerprint density at radius 1 is 1.40 bits per heavy atom. The Labute approximate surface area is 167 Å². The minimum absolute atomic E-state index is 0. The number of nitrogens with zero attached hydrogens (tertiary/aromatic N) is 1. The van der Waals surface area contributed by atoms with Gasteiger partial charge >= 0.3 is 0 Å². The summed E-state index contributed by atoms with van der Waals surface area (Å²) in [5, 5.41) is 6.40. The fourth-order valence-corrected chi connectivity index (χ4v) is 4.41. The standard InChI is InChI=1S/C17H27N3O3S.HI/c1-4-18-17(20-15-8-10-24(21,22)12-15)19-9-7-14-6-5-13(2)16(11-14)23-3;/h5-6,11,15H,4,7-10,12H2,1-3H3,(H2,18,19,20);1H. The number of aryl methyl sites for hydroxylation is 1. The van der Waals surface area contributed by atoms with Crippen molar-refractivity contribution in [2.24, 2.45) is 4.99 Å². The lowest BCUT2D eigenvalue weighted by Gasteiger charge is -2.15. The van der Waals surface area contributed by atoms with Crippen LogP contribution < -0.4 is 15.4 Å². The first-order chi connectivity index (χ1) is 11.4. The number of sulfone groups is 1. The predicted octanol–water partition coefficient (Wildman–Crippen LogP) is 1.91. The Kier molecular flexibility index (Phi) is 8.98. The van der Waals surface area contributed by atoms with Crippen LogP contribution in [-0.4, -0.2) is 52.1 Å². The maximum atomic E-state index is 11.6. The molecule has 1 aromatic carbocycles. The molecule has 0 aliphatic carbocycles. The summed E-state index contributed by atoms with van der Waals surface area (Å²) in [5.74, 6) is 2.01. The second kappa shape index (κ2) is 10.2. The molecule has 0 aromatic heterocycles. The summed E-state index contributed by atoms with van der Waals surface area (Å²) in [6.45, 7) is 5.38. The van der Waals surface area contributed by atoms with E-state index in [-0.39, 0.29) is 41.5 Å². The van der Waals surface area contributed by atoms with Crippen molar-refractivity contribution in [1.29, 1.82) is 0 Å². The van der Waals surface area contributed by atoms with E-state index in [1.54, 1.807) is 7.11 Å². The van der Waals surface area contributed by atoms with Crippen LogP contribution in [0.2, 0.25) is 0 Å². The predicted molar refractivity (Wildman–Crippen MR) is 113 cm³/mol. The van der Waals surface area contributed by atoms with E-state index in [0.29, 0.717) is 18.9 Å². The fraction of sp³-hybridized carbons (Fsp3) is 0.588. The highest BCUT2D eigenvalue weighted by Gasteiger charge is 2.28. The fourth-order valence-electron chi connectivity index (χ4n) is 2.74. The normalized spacial score (nSPS) is 19.2. The number of benzene rings is 1. The zero-order valence-corrected chi connectivity index (χ0v) is 18.2. The van der Waals surface area contributed by atoms with Gasteiger partial charge in [0.15, 0.2) is 15.8 Å². The third-order valence-corrected chi connectivity index (χ3v) is 5.83. The molecule has 0 spiro atoms. The highest BCUT2D eigenvalue weighted by Crippen LogP contribution is 2.19. The van der Waals surface area contributed by atoms with Gasteiger partial charge in [0, 0.05) is 19.1 Å². The van der Waals surface area contributed by atoms with Crippen molar-refractivity contribution in [1.82, 2.24) is 10.6 Å². The van der Waals surface area contributed by atoms with E-state index in [1.165, 1.54) is 5.56 Å². The van der Waals surface area contributed by atoms with Crippen LogP contribution in [0.1, 0.15) is 24.5 Å². The molecule has 0 saturated carbocycles. The number of rotatable bonds is 6. The van der Waals surface area contributed by atoms with Gasteiger partial charge < -0.3 is 15.4 Å². The maximum Gasteiger partial charge on any atom is 0.191 e. The van der Waals surface area contributed by atoms with Crippen molar-refractivity contribution in [3.63, 3.8) is 0 Å². The first-order valence-corrected chi connectivity index (χ1v) is 10.1. The van der Waals surface area contributed by atoms with Crippen LogP contribution >= 0.6 is 24.0 Å². The summed E-state index contributed by atoms with van der Waals surface area (Å²) in [6, 6.07) is 6.11. The highest BCUT2D eigenvalue weighted by atomic mass is 127. The Morgan fingerprint density at radius 2 is 2.16 bits per heavy atom. The molecule has 1 atom stereocenters. The van der Waals surface area contributed by atoms with E-state index in [0.717, 1.165) is 24.3 Å². The quantitative estimate of drug-likeness (QED) is 0.369. The monoisotopic (exact) mass is 481 g/mol. The Morgan fingerprint density at radius 3 is 2.76 bits per heavy atom. The van der Waals surface area contributed by atoms with Crippen molar-refractivity contribution < 1.29 is 13.2 Å². The number of methoxy groups -OCH3 is 1. The van der Waals surface area contributed by atoms with Crippen LogP contribution in [0.25, 0.3) is 0 Å². The van der Waals surface area contributed by atoms with Gasteiger partial charge in [-0.15, -0.1) is 24.0 Å². The number of nitrogens with one attached hydrogen (secondary N) is 2. The minimum Gasteiger partial charge on any atom is -0.496 e. The molecule has 8 heteroatoms. The summed E-state index contributed by atoms with van der Waals surface area (Å²) in [7, 11) is -1.22. The summed E-state index contributed by atoms with van der Waals surface area (Å²) >= 11 is 0. The number of hydrogen-bond acceptors (Lipinski definition) is 4. The van der Waals surface area contributed by atoms with E-state index in [4.69, 9.17) is 4.74 Å². The second-order valence-electron chi connectivity index (χ2n) is 6.06. The average Bonchev–Trinajstić information content (AvgIpc) is 2.88. The zero-order chi connectivity index (χ0) is 17.6. The van der Waals surface area contributed by atoms with E-state index in [2.05, 4.69) is 21.7 Å². The molecule has 2 rings (SSSR count). The van der Waals surface area contributed by atoms with Gasteiger partial charge in [0.25, 0.3) is 0 Å². The largest absolute Gasteiger partial charge is 0.496 e. The molecular formula is C17H28IN3O3S. The molecule has 1 aromatic rings. The van der Waals surface area contributed by atoms with Crippen molar-refractivity contribution in [3.8, 4) is 5.75 Å². The van der Waals surface area contributed by atoms with Gasteiger partial charge in [0.1, 0.15) is 5.75 Å². The van der Waals surface area contributed by atoms with Crippen molar-refractivity contribution in [3.05, 3.63) is 29.3 Å². The molecule has 2 N–H and O–H groups in total. The van der Waals surface area contributed by atoms with Gasteiger partial charge in [-0.25, -0.2) is 8.42 Å². The van der Waals surface area contributed by atoms with Crippen LogP contribution in [0.5, 0.6) is 5.75 Å². The van der Waals surface area contributed by atoms with Crippen LogP contribution in [0.3, 0.4) is 0 Å². The van der Waals surface area contributed by atoms with Crippen LogP contribution in [0.15, 0.2) is 23.2 Å². The van der Waals surface area contributed by atoms with Crippen molar-refractivity contribution >= 4 is 39.8 Å². The molecule has 0 radical (unpaired) electrons. The first-order valence-electron chi connectivity index (χ1n) is 8.32. The molecule has 1 unspecified atom stereocenters. The van der Waals surface area contributed by atoms with Crippen LogP contribution in [-0.2, 0) is 16.3 Å². The van der Waals surface area contributed by atoms with Gasteiger partial charge in [0.2, 0.25) is 0 Å². The molecule has 0 bridgehead atoms. The van der Waals surface area contributed by atoms with Gasteiger partial charge in [-0.05, 0) is 43.9 Å². The number of ether oxygens (including phenoxy) is 1. The Balaban J connectivity index is 0.00000312. The summed E-state index contributed by atoms with van der Waals surface area (Å²) in [6.07, 6.45) is 1.44. The molecule has 6 nitrogen and oxygen atoms in total. The number of hydrogen-bond donors (Lipinski definition) is 2. The number of halogens is 1. The molecule has 1 aliphatic rings. The molecule has 1 heterocycles. The maximum absolute atomic E-state index is 11.6. The smallest absolute Gasteiger partial charge is 0.191 e. The summed E-state index contributed by atoms with van der Waals surface area (Å²) < 4.78 is 28.5. The molecule has 1 fully saturated rings. The number of guanidine groups is 1. The Hall–Kier alpha value is -1.03. The highest BCUT2D eigenvalue weighted by molar-refractivity contribution is 14.0. The second-order valence-corrected chi connectivity index (χ2v) is 8.29. The van der Waals surface area contributed by atoms with E-state index in [9.17, 15) is 8.42 Å². The molecule has 142 valence electrons. The summed E-state index contributed by atoms with van der Waals surface area (Å²) in [4.78, 5) is 4.56. The topological polar surface area (TPSA) is 79.8 Å². The van der Waals surface area contributed by atoms with Gasteiger partial charge in [-0.1, -0.05) is 12.1 Å². The van der Waals surface area contributed by atoms with Crippen molar-refractivity contribution in [2.75, 3.05) is 31.7 Å². The van der Waals surface area contributed by atoms with E-state index in [1.807, 2.05) is 26.0 Å². The van der Waals surface area contributed by atoms with Gasteiger partial charge in [0.05, 0.1) is 18.6 Å². The molecule has 1 saturated heterocycles. The lowest BCUT2D eigenvalue weighted by Crippen LogP contribution is -2.44. The third kappa shape index (κ3) is 7.01. The summed E-state index contributed by atoms with van der Waals surface area (Å²) in [5.41, 5.74) is 2.28. The lowest BCUT2D eigenvalue weighted by atomic mass is 10.1. The minimum atomic E-state index is -2.89. The lowest BCUT2D eigenvalue weighted by molar-refractivity contribution is 0.411.